The van der Waals surface area contributed by atoms with Crippen LogP contribution in [-0.4, -0.2) is 0 Å². The number of halogens is 4. The molecular formula is C17H20Cl4. The van der Waals surface area contributed by atoms with Gasteiger partial charge in [-0.15, -0.1) is 49.6 Å². The molecule has 0 radical (unpaired) electrons. The molecule has 0 heterocycles. The van der Waals surface area contributed by atoms with Gasteiger partial charge >= 0.3 is 0 Å². The molecule has 0 fully saturated rings. The van der Waals surface area contributed by atoms with Crippen molar-refractivity contribution >= 4 is 49.6 Å². The van der Waals surface area contributed by atoms with E-state index in [-0.39, 0.29) is 49.6 Å². The maximum absolute atomic E-state index is 2.35. The average Bonchev–Trinajstić information content (AvgIpc) is 2.95. The van der Waals surface area contributed by atoms with Crippen LogP contribution in [0, 0.1) is 0 Å². The summed E-state index contributed by atoms with van der Waals surface area (Å²) in [6.45, 7) is 0. The highest BCUT2D eigenvalue weighted by molar-refractivity contribution is 5.86. The molecular weight excluding hydrogens is 346 g/mol. The summed E-state index contributed by atoms with van der Waals surface area (Å²) in [5.74, 6) is 0. The summed E-state index contributed by atoms with van der Waals surface area (Å²) in [5, 5.41) is 0. The zero-order valence-corrected chi connectivity index (χ0v) is 14.8. The summed E-state index contributed by atoms with van der Waals surface area (Å²) in [5.41, 5.74) is 6.70. The van der Waals surface area contributed by atoms with Crippen LogP contribution in [-0.2, 0) is 18.3 Å². The van der Waals surface area contributed by atoms with E-state index in [1.165, 1.54) is 25.7 Å². The van der Waals surface area contributed by atoms with Gasteiger partial charge in [0.1, 0.15) is 0 Å². The predicted octanol–water partition coefficient (Wildman–Crippen LogP) is 5.55. The summed E-state index contributed by atoms with van der Waals surface area (Å²) in [6.07, 6.45) is 5.13. The van der Waals surface area contributed by atoms with Crippen molar-refractivity contribution in [3.05, 3.63) is 70.8 Å². The Morgan fingerprint density at radius 2 is 0.952 bits per heavy atom. The van der Waals surface area contributed by atoms with E-state index < -0.39 is 0 Å². The monoisotopic (exact) mass is 364 g/mol. The van der Waals surface area contributed by atoms with Gasteiger partial charge in [0.25, 0.3) is 0 Å². The fraction of sp³-hybridized carbons (Fsp3) is 0.294. The molecule has 2 aliphatic rings. The highest BCUT2D eigenvalue weighted by atomic mass is 35.5. The van der Waals surface area contributed by atoms with Gasteiger partial charge in [-0.05, 0) is 47.9 Å². The second-order valence-electron chi connectivity index (χ2n) is 5.40. The third kappa shape index (κ3) is 2.92. The molecule has 0 saturated heterocycles. The minimum absolute atomic E-state index is 0. The van der Waals surface area contributed by atoms with Crippen LogP contribution in [0.5, 0.6) is 0 Å². The van der Waals surface area contributed by atoms with Crippen molar-refractivity contribution in [1.82, 2.24) is 0 Å². The fourth-order valence-corrected chi connectivity index (χ4v) is 3.92. The largest absolute Gasteiger partial charge is 0.147 e. The molecule has 0 nitrogen and oxygen atoms in total. The first-order chi connectivity index (χ1) is 8.40. The van der Waals surface area contributed by atoms with Crippen molar-refractivity contribution in [2.45, 2.75) is 31.1 Å². The smallest absolute Gasteiger partial charge is 0.0214 e. The maximum atomic E-state index is 2.35. The van der Waals surface area contributed by atoms with Crippen molar-refractivity contribution < 1.29 is 0 Å². The first-order valence-corrected chi connectivity index (χ1v) is 6.57. The van der Waals surface area contributed by atoms with E-state index in [4.69, 9.17) is 0 Å². The lowest BCUT2D eigenvalue weighted by Gasteiger charge is -2.26. The second kappa shape index (κ2) is 7.74. The first kappa shape index (κ1) is 20.6. The zero-order valence-electron chi connectivity index (χ0n) is 11.6. The van der Waals surface area contributed by atoms with Gasteiger partial charge < -0.3 is 0 Å². The minimum atomic E-state index is 0. The van der Waals surface area contributed by atoms with Crippen molar-refractivity contribution in [2.24, 2.45) is 0 Å². The topological polar surface area (TPSA) is 0 Å². The van der Waals surface area contributed by atoms with Crippen LogP contribution < -0.4 is 0 Å². The van der Waals surface area contributed by atoms with Crippen LogP contribution in [0.1, 0.15) is 35.1 Å². The Bertz CT molecular complexity index is 541. The molecule has 0 atom stereocenters. The first-order valence-electron chi connectivity index (χ1n) is 6.57. The van der Waals surface area contributed by atoms with Crippen LogP contribution in [0.3, 0.4) is 0 Å². The van der Waals surface area contributed by atoms with Gasteiger partial charge in [-0.1, -0.05) is 48.5 Å². The third-order valence-corrected chi connectivity index (χ3v) is 4.71. The van der Waals surface area contributed by atoms with Crippen molar-refractivity contribution in [3.8, 4) is 0 Å². The Kier molecular flexibility index (Phi) is 7.59. The highest BCUT2D eigenvalue weighted by Crippen LogP contribution is 2.51. The second-order valence-corrected chi connectivity index (χ2v) is 5.40. The maximum Gasteiger partial charge on any atom is 0.0214 e. The number of aryl methyl sites for hydroxylation is 2. The van der Waals surface area contributed by atoms with Crippen molar-refractivity contribution in [2.75, 3.05) is 0 Å². The molecule has 116 valence electrons. The van der Waals surface area contributed by atoms with E-state index in [9.17, 15) is 0 Å². The van der Waals surface area contributed by atoms with Gasteiger partial charge in [0, 0.05) is 5.41 Å². The lowest BCUT2D eigenvalue weighted by Crippen LogP contribution is -2.20. The fourth-order valence-electron chi connectivity index (χ4n) is 3.92. The Hall–Kier alpha value is -0.400. The van der Waals surface area contributed by atoms with Gasteiger partial charge in [-0.2, -0.15) is 0 Å². The molecule has 0 aromatic heterocycles. The molecule has 2 aliphatic carbocycles. The van der Waals surface area contributed by atoms with E-state index in [1.54, 1.807) is 22.3 Å². The van der Waals surface area contributed by atoms with Crippen LogP contribution in [0.15, 0.2) is 48.5 Å². The number of hydrogen-bond acceptors (Lipinski definition) is 0. The zero-order chi connectivity index (χ0) is 11.3. The molecule has 0 bridgehead atoms. The summed E-state index contributed by atoms with van der Waals surface area (Å²) < 4.78 is 0. The van der Waals surface area contributed by atoms with Gasteiger partial charge in [0.15, 0.2) is 0 Å². The Balaban J connectivity index is 0.000001000. The summed E-state index contributed by atoms with van der Waals surface area (Å²) in [6, 6.07) is 18.1. The standard InChI is InChI=1S/C17H16.4ClH/c1-3-7-15-13(5-1)9-11-17(15)12-10-14-6-2-4-8-16(14)17;;;;/h1-8H,9-12H2;4*1H. The predicted molar refractivity (Wildman–Crippen MR) is 99.3 cm³/mol. The number of fused-ring (bicyclic) bond motifs is 4. The van der Waals surface area contributed by atoms with Crippen molar-refractivity contribution in [1.29, 1.82) is 0 Å². The van der Waals surface area contributed by atoms with E-state index in [1.807, 2.05) is 0 Å². The Morgan fingerprint density at radius 1 is 0.571 bits per heavy atom. The van der Waals surface area contributed by atoms with Crippen LogP contribution in [0.25, 0.3) is 0 Å². The quantitative estimate of drug-likeness (QED) is 0.573. The van der Waals surface area contributed by atoms with E-state index >= 15 is 0 Å². The molecule has 0 N–H and O–H groups in total. The summed E-state index contributed by atoms with van der Waals surface area (Å²) >= 11 is 0. The van der Waals surface area contributed by atoms with E-state index in [0.29, 0.717) is 5.41 Å². The van der Waals surface area contributed by atoms with Gasteiger partial charge in [0.05, 0.1) is 0 Å². The molecule has 0 aliphatic heterocycles. The van der Waals surface area contributed by atoms with Crippen LogP contribution >= 0.6 is 49.6 Å². The lowest BCUT2D eigenvalue weighted by atomic mass is 9.77. The average molecular weight is 366 g/mol. The SMILES string of the molecule is Cl.Cl.Cl.Cl.c1ccc2c(c1)CCC21CCc2ccccc21. The molecule has 0 amide bonds. The molecule has 4 rings (SSSR count). The van der Waals surface area contributed by atoms with Gasteiger partial charge in [-0.25, -0.2) is 0 Å². The highest BCUT2D eigenvalue weighted by Gasteiger charge is 2.43. The molecule has 21 heavy (non-hydrogen) atoms. The summed E-state index contributed by atoms with van der Waals surface area (Å²) in [4.78, 5) is 0. The molecule has 0 unspecified atom stereocenters. The van der Waals surface area contributed by atoms with E-state index in [0.717, 1.165) is 0 Å². The van der Waals surface area contributed by atoms with Gasteiger partial charge in [0.2, 0.25) is 0 Å². The van der Waals surface area contributed by atoms with Crippen LogP contribution in [0.2, 0.25) is 0 Å². The molecule has 0 saturated carbocycles. The van der Waals surface area contributed by atoms with Crippen LogP contribution in [0.4, 0.5) is 0 Å². The normalized spacial score (nSPS) is 15.6. The van der Waals surface area contributed by atoms with Crippen molar-refractivity contribution in [3.63, 3.8) is 0 Å². The number of benzene rings is 2. The van der Waals surface area contributed by atoms with Gasteiger partial charge in [-0.3, -0.25) is 0 Å². The molecule has 2 aromatic rings. The minimum Gasteiger partial charge on any atom is -0.147 e. The number of rotatable bonds is 0. The Morgan fingerprint density at radius 3 is 1.38 bits per heavy atom. The van der Waals surface area contributed by atoms with E-state index in [2.05, 4.69) is 48.5 Å². The number of hydrogen-bond donors (Lipinski definition) is 0. The molecule has 4 heteroatoms. The Labute approximate surface area is 151 Å². The lowest BCUT2D eigenvalue weighted by molar-refractivity contribution is 0.507. The molecule has 2 aromatic carbocycles. The summed E-state index contributed by atoms with van der Waals surface area (Å²) in [7, 11) is 0. The third-order valence-electron chi connectivity index (χ3n) is 4.71. The molecule has 1 spiro atoms.